The van der Waals surface area contributed by atoms with E-state index < -0.39 is 0 Å². The van der Waals surface area contributed by atoms with Gasteiger partial charge in [-0.1, -0.05) is 17.7 Å². The van der Waals surface area contributed by atoms with Gasteiger partial charge in [0.15, 0.2) is 0 Å². The molecule has 35 heavy (non-hydrogen) atoms. The summed E-state index contributed by atoms with van der Waals surface area (Å²) in [5, 5.41) is 13.2. The van der Waals surface area contributed by atoms with Gasteiger partial charge in [-0.3, -0.25) is 9.59 Å². The second-order valence-corrected chi connectivity index (χ2v) is 8.53. The lowest BCUT2D eigenvalue weighted by Crippen LogP contribution is -2.11. The second-order valence-electron chi connectivity index (χ2n) is 8.15. The molecule has 2 aromatic carbocycles. The average molecular weight is 485 g/mol. The normalized spacial score (nSPS) is 11.9. The summed E-state index contributed by atoms with van der Waals surface area (Å²) in [7, 11) is 0. The van der Waals surface area contributed by atoms with Gasteiger partial charge in [-0.2, -0.15) is 0 Å². The molecule has 0 saturated heterocycles. The van der Waals surface area contributed by atoms with Crippen LogP contribution in [0.5, 0.6) is 0 Å². The molecule has 0 aliphatic carbocycles. The van der Waals surface area contributed by atoms with Crippen molar-refractivity contribution in [3.05, 3.63) is 89.3 Å². The van der Waals surface area contributed by atoms with Crippen molar-refractivity contribution >= 4 is 63.2 Å². The van der Waals surface area contributed by atoms with Crippen LogP contribution in [0.2, 0.25) is 5.15 Å². The minimum absolute atomic E-state index is 0.0657. The molecule has 5 rings (SSSR count). The van der Waals surface area contributed by atoms with E-state index in [1.54, 1.807) is 37.5 Å². The summed E-state index contributed by atoms with van der Waals surface area (Å²) in [6, 6.07) is 18.3. The Bertz CT molecular complexity index is 1460. The molecular formula is C26H21ClN6O2. The van der Waals surface area contributed by atoms with E-state index in [-0.39, 0.29) is 11.7 Å². The van der Waals surface area contributed by atoms with Gasteiger partial charge in [-0.25, -0.2) is 9.97 Å². The molecule has 0 radical (unpaired) electrons. The van der Waals surface area contributed by atoms with Crippen LogP contribution < -0.4 is 21.3 Å². The maximum absolute atomic E-state index is 12.8. The van der Waals surface area contributed by atoms with Gasteiger partial charge in [0.2, 0.25) is 0 Å². The number of rotatable bonds is 6. The number of halogens is 1. The monoisotopic (exact) mass is 484 g/mol. The number of anilines is 7. The number of nitrogens with zero attached hydrogens (tertiary/aromatic N) is 2. The molecule has 0 spiro atoms. The Kier molecular flexibility index (Phi) is 6.03. The van der Waals surface area contributed by atoms with Crippen LogP contribution in [0, 0.1) is 0 Å². The largest absolute Gasteiger partial charge is 0.355 e. The van der Waals surface area contributed by atoms with Crippen molar-refractivity contribution in [2.75, 3.05) is 21.3 Å². The number of carbonyl (C=O) groups is 2. The summed E-state index contributed by atoms with van der Waals surface area (Å²) in [4.78, 5) is 32.6. The van der Waals surface area contributed by atoms with E-state index in [1.807, 2.05) is 42.5 Å². The highest BCUT2D eigenvalue weighted by atomic mass is 35.5. The molecule has 0 unspecified atom stereocenters. The number of fused-ring (bicyclic) bond motifs is 2. The quantitative estimate of drug-likeness (QED) is 0.246. The van der Waals surface area contributed by atoms with E-state index >= 15 is 0 Å². The van der Waals surface area contributed by atoms with Crippen molar-refractivity contribution in [2.45, 2.75) is 13.3 Å². The molecule has 4 aromatic rings. The summed E-state index contributed by atoms with van der Waals surface area (Å²) in [6.45, 7) is 1.55. The van der Waals surface area contributed by atoms with Crippen molar-refractivity contribution in [2.24, 2.45) is 0 Å². The fraction of sp³-hybridized carbons (Fsp3) is 0.0769. The molecule has 0 saturated carbocycles. The van der Waals surface area contributed by atoms with Crippen LogP contribution in [0.1, 0.15) is 22.8 Å². The molecule has 0 atom stereocenters. The van der Waals surface area contributed by atoms with Gasteiger partial charge >= 0.3 is 0 Å². The van der Waals surface area contributed by atoms with Crippen LogP contribution in [-0.4, -0.2) is 21.7 Å². The summed E-state index contributed by atoms with van der Waals surface area (Å²) >= 11 is 5.96. The van der Waals surface area contributed by atoms with E-state index in [0.29, 0.717) is 34.3 Å². The van der Waals surface area contributed by atoms with E-state index in [4.69, 9.17) is 11.6 Å². The lowest BCUT2D eigenvalue weighted by Gasteiger charge is -2.13. The lowest BCUT2D eigenvalue weighted by molar-refractivity contribution is -0.116. The maximum atomic E-state index is 12.8. The molecule has 1 amide bonds. The molecule has 1 aliphatic heterocycles. The third-order valence-electron chi connectivity index (χ3n) is 5.37. The predicted molar refractivity (Wildman–Crippen MR) is 139 cm³/mol. The summed E-state index contributed by atoms with van der Waals surface area (Å²) < 4.78 is 0. The number of amides is 1. The highest BCUT2D eigenvalue weighted by Gasteiger charge is 2.20. The number of benzene rings is 2. The molecular weight excluding hydrogens is 464 g/mol. The zero-order valence-electron chi connectivity index (χ0n) is 18.7. The summed E-state index contributed by atoms with van der Waals surface area (Å²) in [5.74, 6) is 0.486. The number of carbonyl (C=O) groups excluding carboxylic acids is 2. The standard InChI is InChI=1S/C26H21ClN6O2/c1-15(34)10-16-2-5-21-23(11-16)33-26(35)20-4-3-17(12-22(20)32-21)30-19-7-9-29-25(14-19)31-18-6-8-28-24(27)13-18/h2-9,11-14,32H,10H2,1H3,(H,33,35)(H2,28,29,30,31). The zero-order valence-corrected chi connectivity index (χ0v) is 19.5. The van der Waals surface area contributed by atoms with Crippen LogP contribution in [0.15, 0.2) is 73.1 Å². The fourth-order valence-corrected chi connectivity index (χ4v) is 4.00. The van der Waals surface area contributed by atoms with Gasteiger partial charge in [0.25, 0.3) is 5.91 Å². The Labute approximate surface area is 206 Å². The van der Waals surface area contributed by atoms with Crippen LogP contribution in [0.25, 0.3) is 0 Å². The minimum Gasteiger partial charge on any atom is -0.355 e. The van der Waals surface area contributed by atoms with Crippen molar-refractivity contribution in [1.82, 2.24) is 9.97 Å². The third kappa shape index (κ3) is 5.23. The Balaban J connectivity index is 1.37. The van der Waals surface area contributed by atoms with E-state index in [9.17, 15) is 9.59 Å². The fourth-order valence-electron chi connectivity index (χ4n) is 3.83. The van der Waals surface area contributed by atoms with Gasteiger partial charge in [0.1, 0.15) is 16.8 Å². The van der Waals surface area contributed by atoms with Gasteiger partial charge in [0.05, 0.1) is 22.6 Å². The summed E-state index contributed by atoms with van der Waals surface area (Å²) in [5.41, 5.74) is 5.83. The Morgan fingerprint density at radius 1 is 0.829 bits per heavy atom. The van der Waals surface area contributed by atoms with Crippen molar-refractivity contribution in [3.63, 3.8) is 0 Å². The minimum atomic E-state index is -0.218. The topological polar surface area (TPSA) is 108 Å². The number of hydrogen-bond donors (Lipinski definition) is 4. The van der Waals surface area contributed by atoms with Crippen molar-refractivity contribution in [3.8, 4) is 0 Å². The summed E-state index contributed by atoms with van der Waals surface area (Å²) in [6.07, 6.45) is 3.63. The Hall–Kier alpha value is -4.43. The number of hydrogen-bond acceptors (Lipinski definition) is 7. The van der Waals surface area contributed by atoms with Gasteiger partial charge in [-0.15, -0.1) is 0 Å². The number of nitrogens with one attached hydrogen (secondary N) is 4. The molecule has 0 fully saturated rings. The second kappa shape index (κ2) is 9.44. The molecule has 3 heterocycles. The van der Waals surface area contributed by atoms with E-state index in [1.165, 1.54) is 0 Å². The highest BCUT2D eigenvalue weighted by Crippen LogP contribution is 2.35. The number of pyridine rings is 2. The molecule has 8 nitrogen and oxygen atoms in total. The third-order valence-corrected chi connectivity index (χ3v) is 5.57. The molecule has 4 N–H and O–H groups in total. The zero-order chi connectivity index (χ0) is 24.4. The molecule has 2 aromatic heterocycles. The smallest absolute Gasteiger partial charge is 0.257 e. The highest BCUT2D eigenvalue weighted by molar-refractivity contribution is 6.29. The van der Waals surface area contributed by atoms with Crippen LogP contribution >= 0.6 is 11.6 Å². The van der Waals surface area contributed by atoms with Gasteiger partial charge in [0, 0.05) is 41.9 Å². The van der Waals surface area contributed by atoms with E-state index in [0.717, 1.165) is 28.3 Å². The number of ketones is 1. The van der Waals surface area contributed by atoms with Gasteiger partial charge < -0.3 is 21.3 Å². The maximum Gasteiger partial charge on any atom is 0.257 e. The number of aromatic nitrogens is 2. The Morgan fingerprint density at radius 3 is 2.40 bits per heavy atom. The van der Waals surface area contributed by atoms with Gasteiger partial charge in [-0.05, 0) is 61.0 Å². The van der Waals surface area contributed by atoms with E-state index in [2.05, 4.69) is 31.2 Å². The lowest BCUT2D eigenvalue weighted by atomic mass is 10.1. The predicted octanol–water partition coefficient (Wildman–Crippen LogP) is 6.06. The molecule has 174 valence electrons. The van der Waals surface area contributed by atoms with Crippen LogP contribution in [0.3, 0.4) is 0 Å². The van der Waals surface area contributed by atoms with Crippen molar-refractivity contribution < 1.29 is 9.59 Å². The molecule has 0 bridgehead atoms. The Morgan fingerprint density at radius 2 is 1.60 bits per heavy atom. The first kappa shape index (κ1) is 22.4. The van der Waals surface area contributed by atoms with Crippen LogP contribution in [-0.2, 0) is 11.2 Å². The number of Topliss-reactive ketones (excluding diaryl/α,β-unsaturated/α-hetero) is 1. The first-order valence-electron chi connectivity index (χ1n) is 10.9. The SMILES string of the molecule is CC(=O)Cc1ccc2c(c1)NC(=O)c1ccc(Nc3ccnc(Nc4ccnc(Cl)c4)c3)cc1N2. The first-order chi connectivity index (χ1) is 16.9. The van der Waals surface area contributed by atoms with Crippen LogP contribution in [0.4, 0.5) is 39.9 Å². The molecule has 9 heteroatoms. The average Bonchev–Trinajstić information content (AvgIpc) is 2.94. The first-order valence-corrected chi connectivity index (χ1v) is 11.3. The van der Waals surface area contributed by atoms with Crippen molar-refractivity contribution in [1.29, 1.82) is 0 Å². The molecule has 1 aliphatic rings.